The Hall–Kier alpha value is -1.39. The van der Waals surface area contributed by atoms with Gasteiger partial charge in [0.15, 0.2) is 0 Å². The van der Waals surface area contributed by atoms with E-state index in [0.29, 0.717) is 6.61 Å². The van der Waals surface area contributed by atoms with Crippen LogP contribution in [0.1, 0.15) is 34.5 Å². The third kappa shape index (κ3) is 4.83. The number of benzene rings is 1. The average Bonchev–Trinajstić information content (AvgIpc) is 2.84. The summed E-state index contributed by atoms with van der Waals surface area (Å²) in [6.07, 6.45) is 3.07. The van der Waals surface area contributed by atoms with E-state index in [1.54, 1.807) is 0 Å². The summed E-state index contributed by atoms with van der Waals surface area (Å²) in [5, 5.41) is 4.40. The summed E-state index contributed by atoms with van der Waals surface area (Å²) in [5.41, 5.74) is 2.50. The third-order valence-corrected chi connectivity index (χ3v) is 4.41. The first-order valence-electron chi connectivity index (χ1n) is 7.54. The van der Waals surface area contributed by atoms with Crippen LogP contribution < -0.4 is 10.1 Å². The summed E-state index contributed by atoms with van der Waals surface area (Å²) in [7, 11) is 1.98. The van der Waals surface area contributed by atoms with Crippen molar-refractivity contribution in [2.45, 2.75) is 39.7 Å². The number of aryl methyl sites for hydroxylation is 2. The second-order valence-corrected chi connectivity index (χ2v) is 6.34. The van der Waals surface area contributed by atoms with E-state index < -0.39 is 0 Å². The van der Waals surface area contributed by atoms with E-state index in [1.807, 2.05) is 30.5 Å². The second kappa shape index (κ2) is 8.15. The van der Waals surface area contributed by atoms with Gasteiger partial charge in [0.2, 0.25) is 0 Å². The van der Waals surface area contributed by atoms with Gasteiger partial charge in [-0.2, -0.15) is 0 Å². The van der Waals surface area contributed by atoms with E-state index in [-0.39, 0.29) is 0 Å². The Balaban J connectivity index is 1.90. The molecule has 0 fully saturated rings. The molecule has 1 N–H and O–H groups in total. The SMILES string of the molecule is CCCc1nc(CCOc2ccc(C)cc2)sc1CNC. The van der Waals surface area contributed by atoms with Crippen molar-refractivity contribution in [1.29, 1.82) is 0 Å². The van der Waals surface area contributed by atoms with Crippen molar-refractivity contribution in [3.05, 3.63) is 45.4 Å². The van der Waals surface area contributed by atoms with Crippen LogP contribution in [0.3, 0.4) is 0 Å². The maximum atomic E-state index is 5.79. The number of aromatic nitrogens is 1. The molecule has 0 unspecified atom stereocenters. The number of nitrogens with zero attached hydrogens (tertiary/aromatic N) is 1. The summed E-state index contributed by atoms with van der Waals surface area (Å²) >= 11 is 1.81. The molecule has 1 aromatic heterocycles. The molecule has 21 heavy (non-hydrogen) atoms. The smallest absolute Gasteiger partial charge is 0.119 e. The third-order valence-electron chi connectivity index (χ3n) is 3.25. The van der Waals surface area contributed by atoms with Crippen molar-refractivity contribution in [2.75, 3.05) is 13.7 Å². The Kier molecular flexibility index (Phi) is 6.21. The number of thiazole rings is 1. The normalized spacial score (nSPS) is 10.8. The van der Waals surface area contributed by atoms with Gasteiger partial charge >= 0.3 is 0 Å². The van der Waals surface area contributed by atoms with Crippen LogP contribution in [-0.2, 0) is 19.4 Å². The first kappa shape index (κ1) is 16.0. The summed E-state index contributed by atoms with van der Waals surface area (Å²) < 4.78 is 5.79. The molecule has 2 aromatic rings. The molecular formula is C17H24N2OS. The van der Waals surface area contributed by atoms with E-state index in [4.69, 9.17) is 9.72 Å². The Morgan fingerprint density at radius 1 is 1.19 bits per heavy atom. The molecule has 0 atom stereocenters. The fraction of sp³-hybridized carbons (Fsp3) is 0.471. The molecule has 0 saturated carbocycles. The molecule has 0 aliphatic heterocycles. The number of hydrogen-bond acceptors (Lipinski definition) is 4. The van der Waals surface area contributed by atoms with Crippen LogP contribution in [0, 0.1) is 6.92 Å². The van der Waals surface area contributed by atoms with Gasteiger partial charge in [0.25, 0.3) is 0 Å². The predicted octanol–water partition coefficient (Wildman–Crippen LogP) is 3.74. The molecule has 0 spiro atoms. The molecule has 1 aromatic carbocycles. The minimum Gasteiger partial charge on any atom is -0.493 e. The summed E-state index contributed by atoms with van der Waals surface area (Å²) in [6.45, 7) is 5.87. The van der Waals surface area contributed by atoms with Crippen LogP contribution in [0.2, 0.25) is 0 Å². The van der Waals surface area contributed by atoms with Crippen LogP contribution in [0.5, 0.6) is 5.75 Å². The zero-order valence-electron chi connectivity index (χ0n) is 13.1. The van der Waals surface area contributed by atoms with Gasteiger partial charge in [0.1, 0.15) is 5.75 Å². The summed E-state index contributed by atoms with van der Waals surface area (Å²) in [5.74, 6) is 0.932. The Morgan fingerprint density at radius 3 is 2.62 bits per heavy atom. The van der Waals surface area contributed by atoms with Gasteiger partial charge in [-0.05, 0) is 32.5 Å². The molecular weight excluding hydrogens is 280 g/mol. The van der Waals surface area contributed by atoms with Crippen molar-refractivity contribution in [1.82, 2.24) is 10.3 Å². The molecule has 0 aliphatic carbocycles. The molecule has 0 aliphatic rings. The van der Waals surface area contributed by atoms with E-state index >= 15 is 0 Å². The fourth-order valence-corrected chi connectivity index (χ4v) is 3.27. The van der Waals surface area contributed by atoms with Gasteiger partial charge in [-0.25, -0.2) is 4.98 Å². The van der Waals surface area contributed by atoms with Crippen molar-refractivity contribution < 1.29 is 4.74 Å². The van der Waals surface area contributed by atoms with E-state index in [9.17, 15) is 0 Å². The first-order chi connectivity index (χ1) is 10.2. The van der Waals surface area contributed by atoms with Crippen LogP contribution in [0.25, 0.3) is 0 Å². The minimum absolute atomic E-state index is 0.682. The Labute approximate surface area is 131 Å². The molecule has 2 rings (SSSR count). The quantitative estimate of drug-likeness (QED) is 0.806. The van der Waals surface area contributed by atoms with Crippen LogP contribution in [0.15, 0.2) is 24.3 Å². The first-order valence-corrected chi connectivity index (χ1v) is 8.36. The summed E-state index contributed by atoms with van der Waals surface area (Å²) in [4.78, 5) is 6.13. The van der Waals surface area contributed by atoms with Gasteiger partial charge in [-0.15, -0.1) is 11.3 Å². The van der Waals surface area contributed by atoms with Crippen LogP contribution >= 0.6 is 11.3 Å². The fourth-order valence-electron chi connectivity index (χ4n) is 2.17. The lowest BCUT2D eigenvalue weighted by molar-refractivity contribution is 0.321. The largest absolute Gasteiger partial charge is 0.493 e. The average molecular weight is 304 g/mol. The highest BCUT2D eigenvalue weighted by atomic mass is 32.1. The van der Waals surface area contributed by atoms with Gasteiger partial charge in [0, 0.05) is 17.8 Å². The van der Waals surface area contributed by atoms with Crippen molar-refractivity contribution >= 4 is 11.3 Å². The number of nitrogens with one attached hydrogen (secondary N) is 1. The predicted molar refractivity (Wildman–Crippen MR) is 89.3 cm³/mol. The van der Waals surface area contributed by atoms with Gasteiger partial charge < -0.3 is 10.1 Å². The van der Waals surface area contributed by atoms with Gasteiger partial charge in [-0.3, -0.25) is 0 Å². The molecule has 1 heterocycles. The van der Waals surface area contributed by atoms with Crippen LogP contribution in [-0.4, -0.2) is 18.6 Å². The van der Waals surface area contributed by atoms with E-state index in [1.165, 1.54) is 21.1 Å². The molecule has 0 radical (unpaired) electrons. The molecule has 4 heteroatoms. The highest BCUT2D eigenvalue weighted by Gasteiger charge is 2.10. The van der Waals surface area contributed by atoms with E-state index in [2.05, 4.69) is 31.3 Å². The lowest BCUT2D eigenvalue weighted by Gasteiger charge is -2.04. The highest BCUT2D eigenvalue weighted by molar-refractivity contribution is 7.11. The van der Waals surface area contributed by atoms with Crippen LogP contribution in [0.4, 0.5) is 0 Å². The van der Waals surface area contributed by atoms with E-state index in [0.717, 1.165) is 31.6 Å². The Morgan fingerprint density at radius 2 is 1.95 bits per heavy atom. The summed E-state index contributed by atoms with van der Waals surface area (Å²) in [6, 6.07) is 8.18. The highest BCUT2D eigenvalue weighted by Crippen LogP contribution is 2.21. The maximum absolute atomic E-state index is 5.79. The monoisotopic (exact) mass is 304 g/mol. The maximum Gasteiger partial charge on any atom is 0.119 e. The van der Waals surface area contributed by atoms with Crippen molar-refractivity contribution in [3.63, 3.8) is 0 Å². The molecule has 0 bridgehead atoms. The zero-order valence-corrected chi connectivity index (χ0v) is 13.9. The molecule has 0 saturated heterocycles. The minimum atomic E-state index is 0.682. The second-order valence-electron chi connectivity index (χ2n) is 5.17. The lowest BCUT2D eigenvalue weighted by Crippen LogP contribution is -2.05. The Bertz CT molecular complexity index is 525. The number of rotatable bonds is 8. The van der Waals surface area contributed by atoms with Gasteiger partial charge in [0.05, 0.1) is 17.3 Å². The number of ether oxygens (including phenoxy) is 1. The standard InChI is InChI=1S/C17H24N2OS/c1-4-5-15-16(12-18-3)21-17(19-15)10-11-20-14-8-6-13(2)7-9-14/h6-9,18H,4-5,10-12H2,1-3H3. The van der Waals surface area contributed by atoms with Gasteiger partial charge in [-0.1, -0.05) is 31.0 Å². The van der Waals surface area contributed by atoms with Crippen molar-refractivity contribution in [3.8, 4) is 5.75 Å². The topological polar surface area (TPSA) is 34.1 Å². The number of hydrogen-bond donors (Lipinski definition) is 1. The zero-order chi connectivity index (χ0) is 15.1. The molecule has 0 amide bonds. The van der Waals surface area contributed by atoms with Crippen molar-refractivity contribution in [2.24, 2.45) is 0 Å². The molecule has 114 valence electrons. The lowest BCUT2D eigenvalue weighted by atomic mass is 10.2. The molecule has 3 nitrogen and oxygen atoms in total.